The number of alkyl carbamates (subject to hydrolysis) is 2. The van der Waals surface area contributed by atoms with Crippen LogP contribution in [0.15, 0.2) is 53.7 Å². The largest absolute Gasteiger partial charge is 0.453 e. The van der Waals surface area contributed by atoms with Crippen molar-refractivity contribution in [2.75, 3.05) is 47.9 Å². The van der Waals surface area contributed by atoms with Crippen molar-refractivity contribution in [3.8, 4) is 22.4 Å². The van der Waals surface area contributed by atoms with Crippen LogP contribution in [0.25, 0.3) is 22.4 Å². The summed E-state index contributed by atoms with van der Waals surface area (Å²) in [5, 5.41) is 9.08. The molecule has 4 amide bonds. The van der Waals surface area contributed by atoms with Crippen LogP contribution in [0.2, 0.25) is 0 Å². The minimum Gasteiger partial charge on any atom is -0.453 e. The maximum absolute atomic E-state index is 13.7. The Bertz CT molecular complexity index is 1980. The monoisotopic (exact) mass is 797 g/mol. The first-order valence-corrected chi connectivity index (χ1v) is 20.3. The standard InChI is InChI=1S/C43H59N9O6/c1-25(2)36(48-42(55)57-7)40(53)51-19-9-11-34(51)38-44-22-32(46-38)28-15-13-27(14-16-28)31-18-17-29(21-30(31)24-50(5)6)33-23-45-39(47-33)35-12-10-20-52(35)41(54)37(26(3)4)49-43(56)58-8/h13-18,21-22,25-26,33-37H,9-12,19-20,23-24H2,1-8H3,(H,44,46)(H,45,47)(H,48,55)(H,49,56)/t33?,34-,35-,36-,37-/m0/s1. The number of amides is 4. The number of likely N-dealkylation sites (tertiary alicyclic amines) is 2. The maximum atomic E-state index is 13.7. The van der Waals surface area contributed by atoms with Crippen molar-refractivity contribution >= 4 is 29.8 Å². The van der Waals surface area contributed by atoms with Crippen LogP contribution in [0.1, 0.15) is 82.4 Å². The molecule has 4 N–H and O–H groups in total. The number of carbonyl (C=O) groups excluding carboxylic acids is 4. The molecular weight excluding hydrogens is 739 g/mol. The summed E-state index contributed by atoms with van der Waals surface area (Å²) in [6.45, 7) is 10.2. The van der Waals surface area contributed by atoms with E-state index in [1.807, 2.05) is 43.7 Å². The molecule has 6 rings (SSSR count). The maximum Gasteiger partial charge on any atom is 0.407 e. The summed E-state index contributed by atoms with van der Waals surface area (Å²) in [4.78, 5) is 70.2. The Labute approximate surface area is 341 Å². The number of aliphatic imine (C=N–C) groups is 1. The highest BCUT2D eigenvalue weighted by Crippen LogP contribution is 2.35. The summed E-state index contributed by atoms with van der Waals surface area (Å²) >= 11 is 0. The molecule has 0 saturated carbocycles. The van der Waals surface area contributed by atoms with Crippen LogP contribution < -0.4 is 16.0 Å². The van der Waals surface area contributed by atoms with Crippen molar-refractivity contribution < 1.29 is 28.7 Å². The second-order valence-corrected chi connectivity index (χ2v) is 16.4. The molecule has 3 aliphatic rings. The topological polar surface area (TPSA) is 174 Å². The number of H-pyrrole nitrogens is 1. The van der Waals surface area contributed by atoms with Gasteiger partial charge < -0.3 is 45.1 Å². The van der Waals surface area contributed by atoms with Crippen LogP contribution >= 0.6 is 0 Å². The Hall–Kier alpha value is -5.44. The van der Waals surface area contributed by atoms with E-state index in [9.17, 15) is 19.2 Å². The molecular formula is C43H59N9O6. The van der Waals surface area contributed by atoms with Gasteiger partial charge in [0.25, 0.3) is 0 Å². The quantitative estimate of drug-likeness (QED) is 0.180. The first-order chi connectivity index (χ1) is 27.8. The van der Waals surface area contributed by atoms with E-state index >= 15 is 0 Å². The van der Waals surface area contributed by atoms with Crippen molar-refractivity contribution in [1.82, 2.24) is 40.6 Å². The van der Waals surface area contributed by atoms with Crippen LogP contribution in [0.4, 0.5) is 9.59 Å². The van der Waals surface area contributed by atoms with Gasteiger partial charge in [0.1, 0.15) is 23.7 Å². The molecule has 4 heterocycles. The van der Waals surface area contributed by atoms with Crippen molar-refractivity contribution in [3.05, 3.63) is 65.6 Å². The molecule has 1 unspecified atom stereocenters. The molecule has 0 spiro atoms. The van der Waals surface area contributed by atoms with E-state index in [2.05, 4.69) is 82.4 Å². The third kappa shape index (κ3) is 9.30. The molecule has 0 radical (unpaired) electrons. The number of imidazole rings is 1. The predicted octanol–water partition coefficient (Wildman–Crippen LogP) is 5.26. The minimum absolute atomic E-state index is 0.0278. The highest BCUT2D eigenvalue weighted by molar-refractivity contribution is 5.95. The van der Waals surface area contributed by atoms with Gasteiger partial charge >= 0.3 is 12.2 Å². The molecule has 2 fully saturated rings. The second-order valence-electron chi connectivity index (χ2n) is 16.4. The zero-order valence-electron chi connectivity index (χ0n) is 35.0. The Kier molecular flexibility index (Phi) is 13.4. The molecule has 0 aliphatic carbocycles. The summed E-state index contributed by atoms with van der Waals surface area (Å²) < 4.78 is 9.56. The fourth-order valence-corrected chi connectivity index (χ4v) is 8.30. The summed E-state index contributed by atoms with van der Waals surface area (Å²) in [6.07, 6.45) is 3.88. The van der Waals surface area contributed by atoms with Gasteiger partial charge in [-0.15, -0.1) is 0 Å². The van der Waals surface area contributed by atoms with Crippen LogP contribution in [0.5, 0.6) is 0 Å². The summed E-state index contributed by atoms with van der Waals surface area (Å²) in [6, 6.07) is 13.2. The Morgan fingerprint density at radius 2 is 1.40 bits per heavy atom. The number of aromatic nitrogens is 2. The minimum atomic E-state index is -0.691. The average Bonchev–Trinajstić information content (AvgIpc) is 4.05. The first-order valence-electron chi connectivity index (χ1n) is 20.3. The lowest BCUT2D eigenvalue weighted by atomic mass is 9.94. The van der Waals surface area contributed by atoms with E-state index in [0.717, 1.165) is 71.8 Å². The van der Waals surface area contributed by atoms with Gasteiger partial charge in [-0.25, -0.2) is 14.6 Å². The van der Waals surface area contributed by atoms with Gasteiger partial charge in [0.15, 0.2) is 0 Å². The lowest BCUT2D eigenvalue weighted by molar-refractivity contribution is -0.135. The lowest BCUT2D eigenvalue weighted by Gasteiger charge is -2.31. The van der Waals surface area contributed by atoms with Crippen LogP contribution in [-0.4, -0.2) is 121 Å². The van der Waals surface area contributed by atoms with Gasteiger partial charge in [-0.2, -0.15) is 0 Å². The molecule has 2 saturated heterocycles. The van der Waals surface area contributed by atoms with E-state index in [1.165, 1.54) is 19.8 Å². The van der Waals surface area contributed by atoms with Crippen LogP contribution in [0, 0.1) is 11.8 Å². The van der Waals surface area contributed by atoms with Gasteiger partial charge in [0, 0.05) is 19.6 Å². The Morgan fingerprint density at radius 1 is 0.828 bits per heavy atom. The van der Waals surface area contributed by atoms with E-state index in [-0.39, 0.29) is 41.8 Å². The molecule has 58 heavy (non-hydrogen) atoms. The number of amidine groups is 1. The molecule has 2 aromatic carbocycles. The number of hydrogen-bond acceptors (Lipinski definition) is 10. The van der Waals surface area contributed by atoms with Gasteiger partial charge in [0.05, 0.1) is 50.8 Å². The normalized spacial score (nSPS) is 20.3. The molecule has 3 aromatic rings. The third-order valence-corrected chi connectivity index (χ3v) is 11.4. The van der Waals surface area contributed by atoms with E-state index in [4.69, 9.17) is 19.5 Å². The Balaban J connectivity index is 1.15. The summed E-state index contributed by atoms with van der Waals surface area (Å²) in [7, 11) is 6.72. The molecule has 15 heteroatoms. The SMILES string of the molecule is COC(=O)N[C@H](C(=O)N1CCC[C@H]1C1=NCC(c2ccc(-c3ccc(-c4cnc([C@@H]5CCCN5C(=O)[C@@H](NC(=O)OC)C(C)C)[nH]4)cc3)c(CN(C)C)c2)N1)C(C)C. The number of methoxy groups -OCH3 is 2. The number of hydrogen-bond donors (Lipinski definition) is 4. The molecule has 1 aromatic heterocycles. The van der Waals surface area contributed by atoms with Gasteiger partial charge in [-0.05, 0) is 79.4 Å². The highest BCUT2D eigenvalue weighted by Gasteiger charge is 2.40. The highest BCUT2D eigenvalue weighted by atomic mass is 16.5. The molecule has 15 nitrogen and oxygen atoms in total. The number of ether oxygens (including phenoxy) is 2. The van der Waals surface area contributed by atoms with E-state index < -0.39 is 24.3 Å². The molecule has 3 aliphatic heterocycles. The number of aromatic amines is 1. The number of benzene rings is 2. The number of rotatable bonds is 13. The van der Waals surface area contributed by atoms with E-state index in [1.54, 1.807) is 0 Å². The van der Waals surface area contributed by atoms with E-state index in [0.29, 0.717) is 19.6 Å². The van der Waals surface area contributed by atoms with Gasteiger partial charge in [-0.3, -0.25) is 14.6 Å². The predicted molar refractivity (Wildman–Crippen MR) is 222 cm³/mol. The number of nitrogens with zero attached hydrogens (tertiary/aromatic N) is 5. The zero-order chi connectivity index (χ0) is 41.7. The summed E-state index contributed by atoms with van der Waals surface area (Å²) in [5.41, 5.74) is 6.39. The van der Waals surface area contributed by atoms with Crippen LogP contribution in [-0.2, 0) is 25.6 Å². The Morgan fingerprint density at radius 3 is 1.97 bits per heavy atom. The van der Waals surface area contributed by atoms with Crippen LogP contribution in [0.3, 0.4) is 0 Å². The molecule has 312 valence electrons. The number of nitrogens with one attached hydrogen (secondary N) is 4. The second kappa shape index (κ2) is 18.4. The summed E-state index contributed by atoms with van der Waals surface area (Å²) in [5.74, 6) is 1.07. The fraction of sp³-hybridized carbons (Fsp3) is 0.535. The van der Waals surface area contributed by atoms with Crippen molar-refractivity contribution in [3.63, 3.8) is 0 Å². The first kappa shape index (κ1) is 42.2. The van der Waals surface area contributed by atoms with Crippen molar-refractivity contribution in [1.29, 1.82) is 0 Å². The number of carbonyl (C=O) groups is 4. The fourth-order valence-electron chi connectivity index (χ4n) is 8.30. The molecule has 0 bridgehead atoms. The van der Waals surface area contributed by atoms with Gasteiger partial charge in [-0.1, -0.05) is 70.2 Å². The average molecular weight is 798 g/mol. The van der Waals surface area contributed by atoms with Gasteiger partial charge in [0.2, 0.25) is 11.8 Å². The smallest absolute Gasteiger partial charge is 0.407 e. The third-order valence-electron chi connectivity index (χ3n) is 11.4. The molecule has 5 atom stereocenters. The van der Waals surface area contributed by atoms with Crippen molar-refractivity contribution in [2.45, 2.75) is 90.1 Å². The van der Waals surface area contributed by atoms with Crippen molar-refractivity contribution in [2.24, 2.45) is 16.8 Å². The lowest BCUT2D eigenvalue weighted by Crippen LogP contribution is -2.54. The zero-order valence-corrected chi connectivity index (χ0v) is 35.0.